The third kappa shape index (κ3) is 29.1. The Hall–Kier alpha value is -10.2. The van der Waals surface area contributed by atoms with Crippen LogP contribution in [0.25, 0.3) is 0 Å². The maximum Gasteiger partial charge on any atom is 0.136 e. The number of phenols is 13. The molecule has 2 aliphatic rings. The summed E-state index contributed by atoms with van der Waals surface area (Å²) < 4.78 is 18.1. The highest BCUT2D eigenvalue weighted by molar-refractivity contribution is 5.60. The average molecular weight is 1790 g/mol. The fourth-order valence-electron chi connectivity index (χ4n) is 20.0. The Labute approximate surface area is 781 Å². The van der Waals surface area contributed by atoms with Gasteiger partial charge < -0.3 is 80.6 Å². The highest BCUT2D eigenvalue weighted by Crippen LogP contribution is 2.55. The first-order chi connectivity index (χ1) is 58.8. The van der Waals surface area contributed by atoms with Crippen molar-refractivity contribution in [3.8, 4) is 92.0 Å². The second-order valence-corrected chi connectivity index (χ2v) is 46.7. The molecule has 11 rings (SSSR count). The molecule has 2 heterocycles. The van der Waals surface area contributed by atoms with Crippen LogP contribution in [0.2, 0.25) is 0 Å². The maximum atomic E-state index is 10.8. The van der Waals surface area contributed by atoms with Crippen LogP contribution in [0.1, 0.15) is 348 Å². The highest BCUT2D eigenvalue weighted by Gasteiger charge is 2.46. The van der Waals surface area contributed by atoms with Gasteiger partial charge in [-0.05, 0) is 332 Å². The van der Waals surface area contributed by atoms with E-state index in [4.69, 9.17) is 34.6 Å². The van der Waals surface area contributed by atoms with E-state index in [1.54, 1.807) is 77.3 Å². The second-order valence-electron chi connectivity index (χ2n) is 46.7. The topological polar surface area (TPSA) is 291 Å². The van der Waals surface area contributed by atoms with Crippen molar-refractivity contribution in [2.45, 2.75) is 359 Å². The quantitative estimate of drug-likeness (QED) is 0.0478. The van der Waals surface area contributed by atoms with Crippen LogP contribution in [-0.4, -0.2) is 79.1 Å². The molecule has 9 aromatic rings. The van der Waals surface area contributed by atoms with Crippen LogP contribution >= 0.6 is 0 Å². The summed E-state index contributed by atoms with van der Waals surface area (Å²) in [5.41, 5.74) is 17.6. The predicted molar refractivity (Wildman–Crippen MR) is 537 cm³/mol. The molecule has 16 nitrogen and oxygen atoms in total. The molecule has 718 valence electrons. The Morgan fingerprint density at radius 3 is 1.08 bits per heavy atom. The van der Waals surface area contributed by atoms with Crippen molar-refractivity contribution in [3.63, 3.8) is 0 Å². The molecule has 0 radical (unpaired) electrons. The molecule has 0 bridgehead atoms. The Kier molecular flexibility index (Phi) is 35.0. The lowest BCUT2D eigenvalue weighted by atomic mass is 9.69. The zero-order chi connectivity index (χ0) is 100. The van der Waals surface area contributed by atoms with Crippen LogP contribution in [0.4, 0.5) is 0 Å². The van der Waals surface area contributed by atoms with Gasteiger partial charge in [0.15, 0.2) is 0 Å². The largest absolute Gasteiger partial charge is 0.508 e. The monoisotopic (exact) mass is 1790 g/mol. The Balaban J connectivity index is 0.000000275. The summed E-state index contributed by atoms with van der Waals surface area (Å²) in [6.45, 7) is 81.3. The van der Waals surface area contributed by atoms with E-state index in [1.807, 2.05) is 98.7 Å². The van der Waals surface area contributed by atoms with Crippen LogP contribution in [0.3, 0.4) is 0 Å². The van der Waals surface area contributed by atoms with E-state index >= 15 is 0 Å². The van der Waals surface area contributed by atoms with Crippen LogP contribution in [0.15, 0.2) is 103 Å². The van der Waals surface area contributed by atoms with Crippen LogP contribution in [0.5, 0.6) is 92.0 Å². The number of aryl methyl sites for hydroxylation is 9. The fraction of sp³-hybridized carbons (Fsp3) is 0.526. The maximum absolute atomic E-state index is 10.8. The van der Waals surface area contributed by atoms with Gasteiger partial charge in [0, 0.05) is 62.4 Å². The Morgan fingerprint density at radius 1 is 0.346 bits per heavy atom. The molecule has 0 aromatic heterocycles. The van der Waals surface area contributed by atoms with Crippen molar-refractivity contribution < 1.29 is 80.6 Å². The number of hydrogen-bond acceptors (Lipinski definition) is 16. The van der Waals surface area contributed by atoms with Gasteiger partial charge in [0.05, 0.1) is 7.11 Å². The lowest BCUT2D eigenvalue weighted by molar-refractivity contribution is 0.0300. The minimum Gasteiger partial charge on any atom is -0.508 e. The molecule has 0 saturated carbocycles. The predicted octanol–water partition coefficient (Wildman–Crippen LogP) is 29.4. The number of rotatable bonds is 13. The minimum absolute atomic E-state index is 0.0304. The number of hydrogen-bond donors (Lipinski definition) is 13. The summed E-state index contributed by atoms with van der Waals surface area (Å²) in [6.07, 6.45) is 6.45. The van der Waals surface area contributed by atoms with Crippen LogP contribution in [-0.2, 0) is 39.1 Å². The van der Waals surface area contributed by atoms with Crippen molar-refractivity contribution in [1.82, 2.24) is 0 Å². The number of ether oxygens (including phenoxy) is 3. The SMILES string of the molecule is CC(C)(C)CC(C)(C)c1cc(O)c(C(C)(C)CC(C)(C)C)cc1O.COc1cc(C(C)(C)CC(C)(C)C)c(O)cc1C(C)(C)CC(C)(C)C.Cc1c(C)c2c(c(C)c1O)CCC(C)(C)O2.Cc1cc(C)c(O)c(C(c2cc(C)cc(C)c2O)C(C)C)c1.Cc1cc(O)c(C)cc1O.Cc1cc(O)ccc1O.Cc1cc2c(cc1O)C(C)(C)CC(C)(c1cc(O)c(C)cc1O)O2. The summed E-state index contributed by atoms with van der Waals surface area (Å²) in [5.74, 6) is 6.23. The van der Waals surface area contributed by atoms with Crippen molar-refractivity contribution in [3.05, 3.63) is 220 Å². The van der Waals surface area contributed by atoms with Gasteiger partial charge in [0.25, 0.3) is 0 Å². The lowest BCUT2D eigenvalue weighted by Crippen LogP contribution is -2.41. The molecular weight excluding hydrogens is 1630 g/mol. The van der Waals surface area contributed by atoms with E-state index in [1.165, 1.54) is 23.8 Å². The molecule has 0 saturated heterocycles. The number of methoxy groups -OCH3 is 1. The van der Waals surface area contributed by atoms with Gasteiger partial charge in [-0.15, -0.1) is 0 Å². The van der Waals surface area contributed by atoms with Gasteiger partial charge in [-0.25, -0.2) is 0 Å². The minimum atomic E-state index is -0.783. The van der Waals surface area contributed by atoms with E-state index in [2.05, 4.69) is 186 Å². The van der Waals surface area contributed by atoms with E-state index in [-0.39, 0.29) is 106 Å². The van der Waals surface area contributed by atoms with Crippen molar-refractivity contribution in [2.75, 3.05) is 7.11 Å². The van der Waals surface area contributed by atoms with Gasteiger partial charge in [0.2, 0.25) is 0 Å². The molecule has 0 aliphatic carbocycles. The second kappa shape index (κ2) is 41.3. The number of benzene rings is 9. The summed E-state index contributed by atoms with van der Waals surface area (Å²) in [6, 6.07) is 29.8. The molecular formula is C114H166O16. The summed E-state index contributed by atoms with van der Waals surface area (Å²) in [4.78, 5) is 0. The molecule has 2 aliphatic heterocycles. The van der Waals surface area contributed by atoms with E-state index in [9.17, 15) is 46.0 Å². The molecule has 13 N–H and O–H groups in total. The highest BCUT2D eigenvalue weighted by atomic mass is 16.5. The Bertz CT molecular complexity index is 5280. The lowest BCUT2D eigenvalue weighted by Gasteiger charge is -2.44. The zero-order valence-corrected chi connectivity index (χ0v) is 87.0. The fourth-order valence-corrected chi connectivity index (χ4v) is 20.0. The van der Waals surface area contributed by atoms with Gasteiger partial charge in [-0.3, -0.25) is 0 Å². The third-order valence-corrected chi connectivity index (χ3v) is 24.9. The molecule has 0 amide bonds. The molecule has 130 heavy (non-hydrogen) atoms. The van der Waals surface area contributed by atoms with Gasteiger partial charge >= 0.3 is 0 Å². The number of aromatic hydroxyl groups is 13. The molecule has 1 unspecified atom stereocenters. The third-order valence-electron chi connectivity index (χ3n) is 24.9. The first-order valence-corrected chi connectivity index (χ1v) is 46.0. The Morgan fingerprint density at radius 2 is 0.700 bits per heavy atom. The smallest absolute Gasteiger partial charge is 0.136 e. The number of phenolic OH excluding ortho intramolecular Hbond substituents is 13. The zero-order valence-electron chi connectivity index (χ0n) is 87.0. The molecule has 0 fully saturated rings. The van der Waals surface area contributed by atoms with Crippen molar-refractivity contribution in [2.24, 2.45) is 27.6 Å². The molecule has 1 atom stereocenters. The summed E-state index contributed by atoms with van der Waals surface area (Å²) >= 11 is 0. The average Bonchev–Trinajstić information content (AvgIpc) is 0.736. The standard InChI is InChI=1S/C23H40O2.C22H38O2.C20H24O4.C20H26O2.C14H20O2.C8H10O2.C7H8O2/c1-20(2,3)14-22(7,8)16-13-19(25-11)17(12-18(16)24)23(9,10)15-21(4,5)6;1-19(2,3)13-21(7,8)15-11-18(24)16(12-17(15)23)22(9,10)14-20(4,5)6;1-11-6-17(23)13(8-15(11)21)20(5)10-19(3,4)14-9-16(22)12(2)7-18(14)24-20;1-11(2)18(16-9-12(3)7-14(5)19(16)21)17-10-13(4)8-15(6)20(17)22;1-8-9(2)13-11(10(3)12(8)15)6-7-14(4,5)16-13;1-5-3-8(10)6(2)4-7(5)9;1-5-4-6(8)2-3-7(5)9/h12-13,24H,14-15H2,1-11H3;11-12,23-24H,13-14H2,1-10H3;6-9,21-23H,10H2,1-5H3;7-11,18,21-22H,1-6H3;15H,6-7H2,1-5H3;3-4,9-10H,1-2H3;2-4,8-9H,1H3. The van der Waals surface area contributed by atoms with Gasteiger partial charge in [-0.2, -0.15) is 0 Å². The first-order valence-electron chi connectivity index (χ1n) is 46.0. The van der Waals surface area contributed by atoms with Gasteiger partial charge in [-0.1, -0.05) is 202 Å². The van der Waals surface area contributed by atoms with E-state index in [0.29, 0.717) is 74.5 Å². The normalized spacial score (nSPS) is 14.8. The van der Waals surface area contributed by atoms with E-state index in [0.717, 1.165) is 133 Å². The summed E-state index contributed by atoms with van der Waals surface area (Å²) in [5, 5.41) is 130. The number of fused-ring (bicyclic) bond motifs is 2. The van der Waals surface area contributed by atoms with Crippen LogP contribution in [0, 0.1) is 111 Å². The van der Waals surface area contributed by atoms with Crippen molar-refractivity contribution in [1.29, 1.82) is 0 Å². The van der Waals surface area contributed by atoms with Gasteiger partial charge in [0.1, 0.15) is 103 Å². The summed E-state index contributed by atoms with van der Waals surface area (Å²) in [7, 11) is 1.73. The molecule has 16 heteroatoms. The first kappa shape index (κ1) is 110. The van der Waals surface area contributed by atoms with Crippen LogP contribution < -0.4 is 14.2 Å². The molecule has 9 aromatic carbocycles. The van der Waals surface area contributed by atoms with Crippen molar-refractivity contribution >= 4 is 0 Å². The molecule has 0 spiro atoms. The van der Waals surface area contributed by atoms with E-state index < -0.39 is 5.60 Å².